The Morgan fingerprint density at radius 1 is 1.30 bits per heavy atom. The Labute approximate surface area is 139 Å². The third-order valence-corrected chi connectivity index (χ3v) is 5.50. The fourth-order valence-electron chi connectivity index (χ4n) is 3.64. The first-order valence-corrected chi connectivity index (χ1v) is 8.39. The second kappa shape index (κ2) is 6.25. The molecule has 0 bridgehead atoms. The minimum absolute atomic E-state index is 0.0473. The highest BCUT2D eigenvalue weighted by Crippen LogP contribution is 2.49. The van der Waals surface area contributed by atoms with Gasteiger partial charge in [0, 0.05) is 25.0 Å². The second-order valence-electron chi connectivity index (χ2n) is 7.40. The maximum absolute atomic E-state index is 12.7. The van der Waals surface area contributed by atoms with Crippen LogP contribution in [0.4, 0.5) is 0 Å². The molecule has 1 aliphatic rings. The average Bonchev–Trinajstić information content (AvgIpc) is 2.45. The van der Waals surface area contributed by atoms with Gasteiger partial charge in [-0.1, -0.05) is 31.5 Å². The van der Waals surface area contributed by atoms with Crippen LogP contribution in [0, 0.1) is 26.2 Å². The van der Waals surface area contributed by atoms with Crippen LogP contribution in [0.3, 0.4) is 0 Å². The summed E-state index contributed by atoms with van der Waals surface area (Å²) in [5.74, 6) is -0.0853. The molecule has 1 aromatic rings. The molecule has 0 spiro atoms. The molecule has 2 unspecified atom stereocenters. The number of hydrogen-bond donors (Lipinski definition) is 2. The fourth-order valence-corrected chi connectivity index (χ4v) is 3.64. The molecule has 0 heterocycles. The third-order valence-electron chi connectivity index (χ3n) is 5.50. The summed E-state index contributed by atoms with van der Waals surface area (Å²) in [6.45, 7) is 13.4. The molecular weight excluding hydrogens is 288 g/mol. The number of nitrogens with two attached hydrogens (primary N) is 1. The van der Waals surface area contributed by atoms with Crippen molar-refractivity contribution < 1.29 is 9.53 Å². The molecular formula is C19H30N2O2. The molecule has 1 aliphatic carbocycles. The van der Waals surface area contributed by atoms with E-state index in [2.05, 4.69) is 38.2 Å². The third kappa shape index (κ3) is 3.02. The first-order chi connectivity index (χ1) is 10.6. The van der Waals surface area contributed by atoms with E-state index in [1.54, 1.807) is 0 Å². The molecule has 0 aromatic heterocycles. The molecule has 3 N–H and O–H groups in total. The Hall–Kier alpha value is -1.39. The predicted molar refractivity (Wildman–Crippen MR) is 93.2 cm³/mol. The van der Waals surface area contributed by atoms with Gasteiger partial charge in [0.1, 0.15) is 5.54 Å². The van der Waals surface area contributed by atoms with Gasteiger partial charge in [0.15, 0.2) is 0 Å². The van der Waals surface area contributed by atoms with E-state index in [0.29, 0.717) is 19.6 Å². The standard InChI is InChI=1S/C19H30N2O2/c1-7-23-16-10-19(20,18(16,5)6)17(22)21-11-15-13(3)8-12(2)9-14(15)4/h8-9,16H,7,10-11,20H2,1-6H3,(H,21,22). The normalized spacial score (nSPS) is 25.8. The number of carbonyl (C=O) groups is 1. The molecule has 1 fully saturated rings. The van der Waals surface area contributed by atoms with Gasteiger partial charge >= 0.3 is 0 Å². The Morgan fingerprint density at radius 2 is 1.87 bits per heavy atom. The molecule has 4 heteroatoms. The van der Waals surface area contributed by atoms with E-state index < -0.39 is 5.54 Å². The fraction of sp³-hybridized carbons (Fsp3) is 0.632. The van der Waals surface area contributed by atoms with Crippen LogP contribution < -0.4 is 11.1 Å². The number of benzene rings is 1. The molecule has 0 radical (unpaired) electrons. The summed E-state index contributed by atoms with van der Waals surface area (Å²) in [4.78, 5) is 12.7. The molecule has 1 saturated carbocycles. The van der Waals surface area contributed by atoms with Crippen molar-refractivity contribution in [2.75, 3.05) is 6.61 Å². The number of carbonyl (C=O) groups excluding carboxylic acids is 1. The van der Waals surface area contributed by atoms with Crippen molar-refractivity contribution in [1.82, 2.24) is 5.32 Å². The first kappa shape index (κ1) is 18.0. The van der Waals surface area contributed by atoms with Gasteiger partial charge in [-0.3, -0.25) is 4.79 Å². The summed E-state index contributed by atoms with van der Waals surface area (Å²) in [6, 6.07) is 4.29. The summed E-state index contributed by atoms with van der Waals surface area (Å²) in [5.41, 5.74) is 10.0. The van der Waals surface area contributed by atoms with Crippen LogP contribution in [0.25, 0.3) is 0 Å². The smallest absolute Gasteiger partial charge is 0.241 e. The summed E-state index contributed by atoms with van der Waals surface area (Å²) < 4.78 is 5.69. The van der Waals surface area contributed by atoms with E-state index in [9.17, 15) is 4.79 Å². The number of rotatable bonds is 5. The van der Waals surface area contributed by atoms with Crippen LogP contribution >= 0.6 is 0 Å². The summed E-state index contributed by atoms with van der Waals surface area (Å²) in [7, 11) is 0. The Balaban J connectivity index is 2.06. The highest BCUT2D eigenvalue weighted by Gasteiger charge is 2.62. The molecule has 0 aliphatic heterocycles. The van der Waals surface area contributed by atoms with Gasteiger partial charge in [-0.2, -0.15) is 0 Å². The molecule has 2 atom stereocenters. The Bertz CT molecular complexity index is 586. The number of hydrogen-bond acceptors (Lipinski definition) is 3. The molecule has 2 rings (SSSR count). The van der Waals surface area contributed by atoms with E-state index in [0.717, 1.165) is 0 Å². The molecule has 0 saturated heterocycles. The zero-order valence-electron chi connectivity index (χ0n) is 15.2. The number of ether oxygens (including phenoxy) is 1. The Kier molecular flexibility index (Phi) is 4.88. The van der Waals surface area contributed by atoms with Crippen molar-refractivity contribution >= 4 is 5.91 Å². The molecule has 128 valence electrons. The maximum Gasteiger partial charge on any atom is 0.241 e. The van der Waals surface area contributed by atoms with Gasteiger partial charge in [-0.05, 0) is 44.4 Å². The van der Waals surface area contributed by atoms with Crippen LogP contribution in [0.2, 0.25) is 0 Å². The van der Waals surface area contributed by atoms with Crippen molar-refractivity contribution in [2.45, 2.75) is 66.2 Å². The largest absolute Gasteiger partial charge is 0.378 e. The van der Waals surface area contributed by atoms with Gasteiger partial charge in [0.05, 0.1) is 6.10 Å². The molecule has 1 aromatic carbocycles. The Morgan fingerprint density at radius 3 is 2.35 bits per heavy atom. The topological polar surface area (TPSA) is 64.3 Å². The van der Waals surface area contributed by atoms with Crippen molar-refractivity contribution in [2.24, 2.45) is 11.1 Å². The maximum atomic E-state index is 12.7. The summed E-state index contributed by atoms with van der Waals surface area (Å²) in [5, 5.41) is 3.04. The van der Waals surface area contributed by atoms with Crippen LogP contribution in [0.15, 0.2) is 12.1 Å². The van der Waals surface area contributed by atoms with Gasteiger partial charge in [0.25, 0.3) is 0 Å². The van der Waals surface area contributed by atoms with Crippen molar-refractivity contribution in [3.8, 4) is 0 Å². The second-order valence-corrected chi connectivity index (χ2v) is 7.40. The van der Waals surface area contributed by atoms with Crippen LogP contribution in [-0.2, 0) is 16.1 Å². The van der Waals surface area contributed by atoms with E-state index in [-0.39, 0.29) is 17.4 Å². The number of aryl methyl sites for hydroxylation is 3. The number of nitrogens with one attached hydrogen (secondary N) is 1. The van der Waals surface area contributed by atoms with Gasteiger partial charge in [-0.15, -0.1) is 0 Å². The van der Waals surface area contributed by atoms with Crippen molar-refractivity contribution in [3.05, 3.63) is 34.4 Å². The summed E-state index contributed by atoms with van der Waals surface area (Å²) in [6.07, 6.45) is 0.622. The summed E-state index contributed by atoms with van der Waals surface area (Å²) >= 11 is 0. The minimum atomic E-state index is -0.862. The lowest BCUT2D eigenvalue weighted by atomic mass is 9.54. The van der Waals surface area contributed by atoms with Gasteiger partial charge in [-0.25, -0.2) is 0 Å². The van der Waals surface area contributed by atoms with E-state index >= 15 is 0 Å². The SMILES string of the molecule is CCOC1CC(N)(C(=O)NCc2c(C)cc(C)cc2C)C1(C)C. The highest BCUT2D eigenvalue weighted by molar-refractivity contribution is 5.88. The lowest BCUT2D eigenvalue weighted by Gasteiger charge is -2.57. The number of amides is 1. The average molecular weight is 318 g/mol. The quantitative estimate of drug-likeness (QED) is 0.877. The lowest BCUT2D eigenvalue weighted by molar-refractivity contribution is -0.170. The molecule has 4 nitrogen and oxygen atoms in total. The highest BCUT2D eigenvalue weighted by atomic mass is 16.5. The van der Waals surface area contributed by atoms with Crippen LogP contribution in [0.5, 0.6) is 0 Å². The minimum Gasteiger partial charge on any atom is -0.378 e. The van der Waals surface area contributed by atoms with Crippen LogP contribution in [0.1, 0.15) is 49.4 Å². The van der Waals surface area contributed by atoms with E-state index in [1.807, 2.05) is 20.8 Å². The van der Waals surface area contributed by atoms with Gasteiger partial charge in [0.2, 0.25) is 5.91 Å². The van der Waals surface area contributed by atoms with E-state index in [4.69, 9.17) is 10.5 Å². The molecule has 1 amide bonds. The zero-order chi connectivity index (χ0) is 17.4. The lowest BCUT2D eigenvalue weighted by Crippen LogP contribution is -2.75. The van der Waals surface area contributed by atoms with Crippen LogP contribution in [-0.4, -0.2) is 24.2 Å². The van der Waals surface area contributed by atoms with Crippen molar-refractivity contribution in [1.29, 1.82) is 0 Å². The van der Waals surface area contributed by atoms with Crippen molar-refractivity contribution in [3.63, 3.8) is 0 Å². The zero-order valence-corrected chi connectivity index (χ0v) is 15.2. The molecule has 23 heavy (non-hydrogen) atoms. The monoisotopic (exact) mass is 318 g/mol. The first-order valence-electron chi connectivity index (χ1n) is 8.39. The predicted octanol–water partition coefficient (Wildman–Crippen LogP) is 2.76. The van der Waals surface area contributed by atoms with E-state index in [1.165, 1.54) is 22.3 Å². The van der Waals surface area contributed by atoms with Gasteiger partial charge < -0.3 is 15.8 Å².